The van der Waals surface area contributed by atoms with Gasteiger partial charge < -0.3 is 9.32 Å². The van der Waals surface area contributed by atoms with E-state index in [9.17, 15) is 8.42 Å². The lowest BCUT2D eigenvalue weighted by Gasteiger charge is -2.32. The largest absolute Gasteiger partial charge is 0.408 e. The Balaban J connectivity index is 1.98. The second kappa shape index (κ2) is 5.21. The Kier molecular flexibility index (Phi) is 3.83. The van der Waals surface area contributed by atoms with Gasteiger partial charge in [-0.3, -0.25) is 0 Å². The summed E-state index contributed by atoms with van der Waals surface area (Å²) >= 11 is 0. The van der Waals surface area contributed by atoms with Gasteiger partial charge in [0.25, 0.3) is 10.2 Å². The van der Waals surface area contributed by atoms with Crippen molar-refractivity contribution >= 4 is 16.2 Å². The third-order valence-corrected chi connectivity index (χ3v) is 4.43. The number of piperazine rings is 1. The highest BCUT2D eigenvalue weighted by Crippen LogP contribution is 2.15. The van der Waals surface area contributed by atoms with Gasteiger partial charge in [0.05, 0.1) is 0 Å². The molecule has 0 bridgehead atoms. The minimum absolute atomic E-state index is 0.410. The minimum Gasteiger partial charge on any atom is -0.408 e. The van der Waals surface area contributed by atoms with Gasteiger partial charge in [0.15, 0.2) is 0 Å². The maximum absolute atomic E-state index is 11.6. The molecule has 102 valence electrons. The van der Waals surface area contributed by atoms with Crippen LogP contribution in [-0.2, 0) is 16.6 Å². The summed E-state index contributed by atoms with van der Waals surface area (Å²) in [6.07, 6.45) is 0.696. The molecule has 0 atom stereocenters. The molecule has 1 aromatic rings. The zero-order chi connectivity index (χ0) is 13.2. The van der Waals surface area contributed by atoms with Crippen molar-refractivity contribution in [3.05, 3.63) is 5.89 Å². The fourth-order valence-corrected chi connectivity index (χ4v) is 2.67. The van der Waals surface area contributed by atoms with Crippen LogP contribution in [0.2, 0.25) is 0 Å². The maximum Gasteiger partial charge on any atom is 0.318 e. The second-order valence-electron chi connectivity index (χ2n) is 3.93. The van der Waals surface area contributed by atoms with Gasteiger partial charge in [-0.2, -0.15) is 12.7 Å². The molecule has 2 rings (SSSR count). The lowest BCUT2D eigenvalue weighted by molar-refractivity contribution is 0.365. The standard InChI is InChI=1S/C9H17N5O3S/c1-3-8-11-12-9(17-8)13-4-6-14(7-5-13)18(15,16)10-2/h10H,3-7H2,1-2H3. The number of aryl methyl sites for hydroxylation is 1. The number of anilines is 1. The molecule has 1 aromatic heterocycles. The lowest BCUT2D eigenvalue weighted by Crippen LogP contribution is -2.51. The van der Waals surface area contributed by atoms with Crippen molar-refractivity contribution in [2.24, 2.45) is 0 Å². The summed E-state index contributed by atoms with van der Waals surface area (Å²) in [6, 6.07) is 0.466. The highest BCUT2D eigenvalue weighted by atomic mass is 32.2. The van der Waals surface area contributed by atoms with Gasteiger partial charge in [0, 0.05) is 39.6 Å². The monoisotopic (exact) mass is 275 g/mol. The highest BCUT2D eigenvalue weighted by Gasteiger charge is 2.27. The van der Waals surface area contributed by atoms with Gasteiger partial charge in [0.2, 0.25) is 5.89 Å². The fourth-order valence-electron chi connectivity index (χ4n) is 1.76. The van der Waals surface area contributed by atoms with Crippen LogP contribution in [0, 0.1) is 0 Å². The Morgan fingerprint density at radius 1 is 1.28 bits per heavy atom. The molecule has 9 heteroatoms. The van der Waals surface area contributed by atoms with Gasteiger partial charge in [-0.1, -0.05) is 12.0 Å². The minimum atomic E-state index is -3.34. The summed E-state index contributed by atoms with van der Waals surface area (Å²) in [5, 5.41) is 7.84. The quantitative estimate of drug-likeness (QED) is 0.775. The van der Waals surface area contributed by atoms with Gasteiger partial charge in [-0.25, -0.2) is 4.72 Å². The molecule has 0 radical (unpaired) electrons. The van der Waals surface area contributed by atoms with Crippen molar-refractivity contribution < 1.29 is 12.8 Å². The molecule has 1 N–H and O–H groups in total. The van der Waals surface area contributed by atoms with E-state index < -0.39 is 10.2 Å². The Bertz CT molecular complexity index is 492. The number of aromatic nitrogens is 2. The molecule has 0 aliphatic carbocycles. The topological polar surface area (TPSA) is 91.6 Å². The molecular weight excluding hydrogens is 258 g/mol. The molecule has 1 aliphatic heterocycles. The van der Waals surface area contributed by atoms with E-state index in [2.05, 4.69) is 14.9 Å². The molecule has 1 fully saturated rings. The van der Waals surface area contributed by atoms with Crippen LogP contribution in [0.3, 0.4) is 0 Å². The van der Waals surface area contributed by atoms with Gasteiger partial charge in [-0.15, -0.1) is 5.10 Å². The second-order valence-corrected chi connectivity index (χ2v) is 5.80. The molecule has 2 heterocycles. The summed E-state index contributed by atoms with van der Waals surface area (Å²) in [5.41, 5.74) is 0. The zero-order valence-corrected chi connectivity index (χ0v) is 11.3. The van der Waals surface area contributed by atoms with Crippen LogP contribution < -0.4 is 9.62 Å². The van der Waals surface area contributed by atoms with Gasteiger partial charge >= 0.3 is 6.01 Å². The van der Waals surface area contributed by atoms with E-state index in [0.29, 0.717) is 44.5 Å². The Morgan fingerprint density at radius 2 is 1.94 bits per heavy atom. The number of nitrogens with one attached hydrogen (secondary N) is 1. The molecule has 1 saturated heterocycles. The predicted molar refractivity (Wildman–Crippen MR) is 65.4 cm³/mol. The molecule has 0 saturated carbocycles. The van der Waals surface area contributed by atoms with Crippen LogP contribution >= 0.6 is 0 Å². The molecule has 0 spiro atoms. The van der Waals surface area contributed by atoms with Crippen molar-refractivity contribution in [1.82, 2.24) is 19.2 Å². The summed E-state index contributed by atoms with van der Waals surface area (Å²) in [6.45, 7) is 3.85. The van der Waals surface area contributed by atoms with Gasteiger partial charge in [0.1, 0.15) is 0 Å². The molecule has 1 aliphatic rings. The van der Waals surface area contributed by atoms with Crippen LogP contribution in [0.1, 0.15) is 12.8 Å². The zero-order valence-electron chi connectivity index (χ0n) is 10.5. The average molecular weight is 275 g/mol. The number of hydrogen-bond donors (Lipinski definition) is 1. The van der Waals surface area contributed by atoms with Crippen LogP contribution in [0.5, 0.6) is 0 Å². The van der Waals surface area contributed by atoms with Crippen molar-refractivity contribution in [2.75, 3.05) is 38.1 Å². The van der Waals surface area contributed by atoms with Crippen LogP contribution in [-0.4, -0.2) is 56.1 Å². The van der Waals surface area contributed by atoms with E-state index in [4.69, 9.17) is 4.42 Å². The smallest absolute Gasteiger partial charge is 0.318 e. The number of hydrogen-bond acceptors (Lipinski definition) is 6. The highest BCUT2D eigenvalue weighted by molar-refractivity contribution is 7.87. The fraction of sp³-hybridized carbons (Fsp3) is 0.778. The molecule has 0 unspecified atom stereocenters. The molecule has 8 nitrogen and oxygen atoms in total. The first-order valence-corrected chi connectivity index (χ1v) is 7.26. The molecular formula is C9H17N5O3S. The normalized spacial score (nSPS) is 18.2. The first-order valence-electron chi connectivity index (χ1n) is 5.82. The van der Waals surface area contributed by atoms with E-state index in [0.717, 1.165) is 0 Å². The van der Waals surface area contributed by atoms with Gasteiger partial charge in [-0.05, 0) is 0 Å². The van der Waals surface area contributed by atoms with Crippen molar-refractivity contribution in [3.8, 4) is 0 Å². The molecule has 18 heavy (non-hydrogen) atoms. The number of rotatable bonds is 4. The SMILES string of the molecule is CCc1nnc(N2CCN(S(=O)(=O)NC)CC2)o1. The molecule has 0 amide bonds. The van der Waals surface area contributed by atoms with E-state index in [1.165, 1.54) is 11.4 Å². The molecule has 0 aromatic carbocycles. The first-order chi connectivity index (χ1) is 8.56. The average Bonchev–Trinajstić information content (AvgIpc) is 2.87. The Morgan fingerprint density at radius 3 is 2.44 bits per heavy atom. The maximum atomic E-state index is 11.6. The third kappa shape index (κ3) is 2.62. The summed E-state index contributed by atoms with van der Waals surface area (Å²) in [5.74, 6) is 0.593. The van der Waals surface area contributed by atoms with Crippen molar-refractivity contribution in [2.45, 2.75) is 13.3 Å². The third-order valence-electron chi connectivity index (χ3n) is 2.87. The van der Waals surface area contributed by atoms with Crippen LogP contribution in [0.15, 0.2) is 4.42 Å². The van der Waals surface area contributed by atoms with Crippen LogP contribution in [0.25, 0.3) is 0 Å². The van der Waals surface area contributed by atoms with E-state index in [1.807, 2.05) is 11.8 Å². The Hall–Kier alpha value is -1.19. The first kappa shape index (κ1) is 13.2. The lowest BCUT2D eigenvalue weighted by atomic mass is 10.4. The van der Waals surface area contributed by atoms with Crippen molar-refractivity contribution in [1.29, 1.82) is 0 Å². The van der Waals surface area contributed by atoms with Crippen molar-refractivity contribution in [3.63, 3.8) is 0 Å². The number of nitrogens with zero attached hydrogens (tertiary/aromatic N) is 4. The van der Waals surface area contributed by atoms with E-state index in [-0.39, 0.29) is 0 Å². The summed E-state index contributed by atoms with van der Waals surface area (Å²) in [7, 11) is -1.93. The van der Waals surface area contributed by atoms with E-state index in [1.54, 1.807) is 0 Å². The van der Waals surface area contributed by atoms with E-state index >= 15 is 0 Å². The summed E-state index contributed by atoms with van der Waals surface area (Å²) < 4.78 is 32.3. The summed E-state index contributed by atoms with van der Waals surface area (Å²) in [4.78, 5) is 1.90. The van der Waals surface area contributed by atoms with Crippen LogP contribution in [0.4, 0.5) is 6.01 Å². The predicted octanol–water partition coefficient (Wildman–Crippen LogP) is -0.782. The Labute approximate surface area is 106 Å².